The third-order valence-corrected chi connectivity index (χ3v) is 4.99. The second kappa shape index (κ2) is 7.85. The smallest absolute Gasteiger partial charge is 0.232 e. The van der Waals surface area contributed by atoms with E-state index in [9.17, 15) is 4.79 Å². The third kappa shape index (κ3) is 4.75. The maximum Gasteiger partial charge on any atom is 0.232 e. The van der Waals surface area contributed by atoms with Crippen LogP contribution in [0.4, 0.5) is 0 Å². The Morgan fingerprint density at radius 3 is 2.71 bits per heavy atom. The topological polar surface area (TPSA) is 46.3 Å². The van der Waals surface area contributed by atoms with Crippen LogP contribution >= 0.6 is 11.8 Å². The lowest BCUT2D eigenvalue weighted by Crippen LogP contribution is -2.33. The quantitative estimate of drug-likeness (QED) is 0.822. The largest absolute Gasteiger partial charge is 0.340 e. The molecule has 4 heteroatoms. The molecule has 3 nitrogen and oxygen atoms in total. The van der Waals surface area contributed by atoms with Crippen molar-refractivity contribution in [2.45, 2.75) is 32.2 Å². The Morgan fingerprint density at radius 1 is 1.33 bits per heavy atom. The number of likely N-dealkylation sites (tertiary alicyclic amines) is 1. The lowest BCUT2D eigenvalue weighted by Gasteiger charge is -2.16. The van der Waals surface area contributed by atoms with E-state index in [0.29, 0.717) is 18.2 Å². The van der Waals surface area contributed by atoms with Crippen LogP contribution in [0.5, 0.6) is 0 Å². The van der Waals surface area contributed by atoms with Crippen LogP contribution in [0.25, 0.3) is 0 Å². The van der Waals surface area contributed by atoms with Gasteiger partial charge in [-0.1, -0.05) is 44.2 Å². The van der Waals surface area contributed by atoms with Gasteiger partial charge in [-0.3, -0.25) is 4.79 Å². The fraction of sp³-hybridized carbons (Fsp3) is 0.588. The lowest BCUT2D eigenvalue weighted by atomic mass is 9.95. The minimum atomic E-state index is 0.0528. The first-order chi connectivity index (χ1) is 10.1. The molecule has 21 heavy (non-hydrogen) atoms. The van der Waals surface area contributed by atoms with E-state index >= 15 is 0 Å². The van der Waals surface area contributed by atoms with Crippen molar-refractivity contribution in [2.24, 2.45) is 11.7 Å². The monoisotopic (exact) mass is 306 g/mol. The van der Waals surface area contributed by atoms with Gasteiger partial charge in [0.1, 0.15) is 0 Å². The summed E-state index contributed by atoms with van der Waals surface area (Å²) in [6.07, 6.45) is 1.17. The highest BCUT2D eigenvalue weighted by Gasteiger charge is 2.33. The molecule has 2 rings (SSSR count). The number of nitrogens with two attached hydrogens (primary N) is 1. The van der Waals surface area contributed by atoms with Gasteiger partial charge in [0, 0.05) is 25.0 Å². The van der Waals surface area contributed by atoms with Crippen molar-refractivity contribution in [1.29, 1.82) is 0 Å². The highest BCUT2D eigenvalue weighted by molar-refractivity contribution is 7.99. The fourth-order valence-corrected chi connectivity index (χ4v) is 3.79. The molecule has 2 atom stereocenters. The summed E-state index contributed by atoms with van der Waals surface area (Å²) in [5.74, 6) is 2.86. The fourth-order valence-electron chi connectivity index (χ4n) is 2.66. The van der Waals surface area contributed by atoms with Gasteiger partial charge in [-0.2, -0.15) is 11.8 Å². The lowest BCUT2D eigenvalue weighted by molar-refractivity contribution is -0.127. The van der Waals surface area contributed by atoms with E-state index in [0.717, 1.165) is 12.3 Å². The molecule has 1 aromatic rings. The number of nitrogens with zero attached hydrogens (tertiary/aromatic N) is 1. The number of thioether (sulfide) groups is 1. The molecule has 1 heterocycles. The molecule has 0 aromatic heterocycles. The second-order valence-corrected chi connectivity index (χ2v) is 7.32. The number of carbonyl (C=O) groups excluding carboxylic acids is 1. The van der Waals surface area contributed by atoms with Crippen molar-refractivity contribution in [3.63, 3.8) is 0 Å². The van der Waals surface area contributed by atoms with Gasteiger partial charge in [-0.05, 0) is 23.7 Å². The molecule has 1 amide bonds. The van der Waals surface area contributed by atoms with Crippen LogP contribution in [-0.2, 0) is 4.79 Å². The predicted molar refractivity (Wildman–Crippen MR) is 90.5 cm³/mol. The maximum absolute atomic E-state index is 12.3. The number of carbonyl (C=O) groups is 1. The van der Waals surface area contributed by atoms with Crippen molar-refractivity contribution >= 4 is 17.7 Å². The second-order valence-electron chi connectivity index (χ2n) is 6.21. The van der Waals surface area contributed by atoms with Crippen molar-refractivity contribution in [3.8, 4) is 0 Å². The number of amides is 1. The summed E-state index contributed by atoms with van der Waals surface area (Å²) < 4.78 is 0. The van der Waals surface area contributed by atoms with Crippen LogP contribution in [0, 0.1) is 5.92 Å². The highest BCUT2D eigenvalue weighted by atomic mass is 32.2. The normalized spacial score (nSPS) is 22.0. The molecule has 0 bridgehead atoms. The van der Waals surface area contributed by atoms with E-state index in [1.54, 1.807) is 11.8 Å². The summed E-state index contributed by atoms with van der Waals surface area (Å²) in [6, 6.07) is 10.4. The first-order valence-corrected chi connectivity index (χ1v) is 8.89. The average molecular weight is 306 g/mol. The Hall–Kier alpha value is -1.00. The molecule has 0 spiro atoms. The molecule has 1 aromatic carbocycles. The number of benzene rings is 1. The van der Waals surface area contributed by atoms with E-state index in [1.807, 2.05) is 23.1 Å². The number of hydrogen-bond acceptors (Lipinski definition) is 3. The van der Waals surface area contributed by atoms with E-state index in [4.69, 9.17) is 5.73 Å². The van der Waals surface area contributed by atoms with Gasteiger partial charge in [-0.15, -0.1) is 0 Å². The van der Waals surface area contributed by atoms with Crippen LogP contribution < -0.4 is 5.73 Å². The Labute approximate surface area is 132 Å². The van der Waals surface area contributed by atoms with Gasteiger partial charge in [-0.25, -0.2) is 0 Å². The molecule has 1 aliphatic rings. The molecule has 0 radical (unpaired) electrons. The van der Waals surface area contributed by atoms with Gasteiger partial charge in [0.15, 0.2) is 0 Å². The minimum Gasteiger partial charge on any atom is -0.340 e. The van der Waals surface area contributed by atoms with Crippen LogP contribution in [0.3, 0.4) is 0 Å². The Morgan fingerprint density at radius 2 is 2.05 bits per heavy atom. The molecule has 0 aliphatic carbocycles. The summed E-state index contributed by atoms with van der Waals surface area (Å²) in [5.41, 5.74) is 7.48. The molecule has 2 N–H and O–H groups in total. The average Bonchev–Trinajstić information content (AvgIpc) is 2.86. The van der Waals surface area contributed by atoms with E-state index in [1.165, 1.54) is 12.0 Å². The van der Waals surface area contributed by atoms with E-state index < -0.39 is 0 Å². The van der Waals surface area contributed by atoms with Crippen molar-refractivity contribution in [1.82, 2.24) is 4.90 Å². The van der Waals surface area contributed by atoms with Crippen molar-refractivity contribution in [3.05, 3.63) is 35.9 Å². The third-order valence-electron chi connectivity index (χ3n) is 4.01. The first-order valence-electron chi connectivity index (χ1n) is 7.74. The molecular formula is C17H26N2OS. The minimum absolute atomic E-state index is 0.0528. The van der Waals surface area contributed by atoms with Gasteiger partial charge in [0.2, 0.25) is 5.91 Å². The zero-order valence-corrected chi connectivity index (χ0v) is 13.8. The molecule has 0 saturated carbocycles. The Bertz CT molecular complexity index is 449. The predicted octanol–water partition coefficient (Wildman–Crippen LogP) is 2.72. The van der Waals surface area contributed by atoms with Crippen molar-refractivity contribution < 1.29 is 4.79 Å². The molecule has 1 fully saturated rings. The summed E-state index contributed by atoms with van der Waals surface area (Å²) >= 11 is 1.74. The van der Waals surface area contributed by atoms with Crippen LogP contribution in [-0.4, -0.2) is 41.4 Å². The summed E-state index contributed by atoms with van der Waals surface area (Å²) in [5, 5.41) is 0. The van der Waals surface area contributed by atoms with Crippen LogP contribution in [0.2, 0.25) is 0 Å². The molecule has 0 unspecified atom stereocenters. The highest BCUT2D eigenvalue weighted by Crippen LogP contribution is 2.26. The standard InChI is InChI=1S/C17H26N2OS/c1-13(2)8-9-21-12-17(20)19-10-15(16(18)11-19)14-6-4-3-5-7-14/h3-7,13,15-16H,8-12,18H2,1-2H3/t15-,16+/m0/s1. The number of rotatable bonds is 6. The van der Waals surface area contributed by atoms with Gasteiger partial charge in [0.05, 0.1) is 5.75 Å². The van der Waals surface area contributed by atoms with E-state index in [-0.39, 0.29) is 17.9 Å². The molecule has 116 valence electrons. The van der Waals surface area contributed by atoms with Crippen molar-refractivity contribution in [2.75, 3.05) is 24.6 Å². The van der Waals surface area contributed by atoms with Crippen LogP contribution in [0.15, 0.2) is 30.3 Å². The SMILES string of the molecule is CC(C)CCSCC(=O)N1C[C@@H](N)[C@H](c2ccccc2)C1. The summed E-state index contributed by atoms with van der Waals surface area (Å²) in [7, 11) is 0. The van der Waals surface area contributed by atoms with Gasteiger partial charge >= 0.3 is 0 Å². The first kappa shape index (κ1) is 16.4. The summed E-state index contributed by atoms with van der Waals surface area (Å²) in [6.45, 7) is 5.87. The summed E-state index contributed by atoms with van der Waals surface area (Å²) in [4.78, 5) is 14.2. The molecule has 1 saturated heterocycles. The van der Waals surface area contributed by atoms with Gasteiger partial charge in [0.25, 0.3) is 0 Å². The molecular weight excluding hydrogens is 280 g/mol. The van der Waals surface area contributed by atoms with E-state index in [2.05, 4.69) is 26.0 Å². The molecule has 1 aliphatic heterocycles. The zero-order valence-electron chi connectivity index (χ0n) is 13.0. The Balaban J connectivity index is 1.82. The van der Waals surface area contributed by atoms with Crippen LogP contribution in [0.1, 0.15) is 31.7 Å². The maximum atomic E-state index is 12.3. The Kier molecular flexibility index (Phi) is 6.12. The zero-order chi connectivity index (χ0) is 15.2. The number of hydrogen-bond donors (Lipinski definition) is 1. The van der Waals surface area contributed by atoms with Gasteiger partial charge < -0.3 is 10.6 Å².